The number of aromatic nitrogens is 4. The second-order valence-corrected chi connectivity index (χ2v) is 11.6. The molecule has 1 aliphatic carbocycles. The average Bonchev–Trinajstić information content (AvgIpc) is 3.73. The molecule has 0 spiro atoms. The third-order valence-corrected chi connectivity index (χ3v) is 8.61. The Hall–Kier alpha value is -3.96. The number of amides is 1. The van der Waals surface area contributed by atoms with Crippen LogP contribution in [-0.4, -0.2) is 44.2 Å². The van der Waals surface area contributed by atoms with Crippen molar-refractivity contribution in [2.75, 3.05) is 22.1 Å². The number of carbonyl (C=O) groups excluding carboxylic acids is 2. The molecule has 6 rings (SSSR count). The molecule has 1 amide bonds. The van der Waals surface area contributed by atoms with Gasteiger partial charge in [-0.25, -0.2) is 15.0 Å². The van der Waals surface area contributed by atoms with E-state index >= 15 is 0 Å². The van der Waals surface area contributed by atoms with E-state index in [-0.39, 0.29) is 24.2 Å². The van der Waals surface area contributed by atoms with Crippen molar-refractivity contribution in [3.05, 3.63) is 81.0 Å². The minimum atomic E-state index is -0.570. The van der Waals surface area contributed by atoms with Gasteiger partial charge in [0.25, 0.3) is 5.91 Å². The van der Waals surface area contributed by atoms with Crippen molar-refractivity contribution >= 4 is 57.2 Å². The Labute approximate surface area is 245 Å². The first-order valence-electron chi connectivity index (χ1n) is 13.4. The molecule has 0 bridgehead atoms. The van der Waals surface area contributed by atoms with E-state index in [1.54, 1.807) is 12.1 Å². The van der Waals surface area contributed by atoms with Crippen molar-refractivity contribution in [2.45, 2.75) is 51.5 Å². The fourth-order valence-electron chi connectivity index (χ4n) is 5.33. The monoisotopic (exact) mass is 591 g/mol. The lowest BCUT2D eigenvalue weighted by atomic mass is 10.0. The van der Waals surface area contributed by atoms with Gasteiger partial charge in [0.05, 0.1) is 28.6 Å². The maximum absolute atomic E-state index is 13.2. The lowest BCUT2D eigenvalue weighted by Gasteiger charge is -2.25. The van der Waals surface area contributed by atoms with E-state index < -0.39 is 5.95 Å². The molecule has 4 heterocycles. The Morgan fingerprint density at radius 3 is 2.80 bits per heavy atom. The Kier molecular flexibility index (Phi) is 7.63. The number of thiazole rings is 1. The number of rotatable bonds is 8. The number of anilines is 4. The van der Waals surface area contributed by atoms with Gasteiger partial charge in [-0.1, -0.05) is 41.1 Å². The summed E-state index contributed by atoms with van der Waals surface area (Å²) in [5.41, 5.74) is 4.11. The molecule has 12 heteroatoms. The SMILES string of the molecule is Cc1cccc(Cl)c1NC(=O)c1cnc(Nc2nc(N3CCCC3C(=O)Cc3ccc(F)nc3)nc3c2CCC3)s1. The van der Waals surface area contributed by atoms with Crippen LogP contribution in [0.4, 0.5) is 27.0 Å². The van der Waals surface area contributed by atoms with Crippen LogP contribution in [-0.2, 0) is 24.1 Å². The molecule has 0 radical (unpaired) electrons. The molecule has 4 aromatic rings. The number of ketones is 1. The topological polar surface area (TPSA) is 113 Å². The minimum Gasteiger partial charge on any atom is -0.331 e. The number of aryl methyl sites for hydroxylation is 2. The van der Waals surface area contributed by atoms with Crippen molar-refractivity contribution in [1.29, 1.82) is 0 Å². The van der Waals surface area contributed by atoms with E-state index in [9.17, 15) is 14.0 Å². The maximum atomic E-state index is 13.2. The van der Waals surface area contributed by atoms with Crippen LogP contribution in [0.2, 0.25) is 5.02 Å². The summed E-state index contributed by atoms with van der Waals surface area (Å²) in [6, 6.07) is 7.94. The zero-order chi connectivity index (χ0) is 28.5. The summed E-state index contributed by atoms with van der Waals surface area (Å²) in [7, 11) is 0. The zero-order valence-electron chi connectivity index (χ0n) is 22.3. The Bertz CT molecular complexity index is 1610. The van der Waals surface area contributed by atoms with E-state index in [0.717, 1.165) is 42.5 Å². The number of hydrogen-bond donors (Lipinski definition) is 2. The van der Waals surface area contributed by atoms with Gasteiger partial charge in [0, 0.05) is 24.7 Å². The number of benzene rings is 1. The first kappa shape index (κ1) is 27.2. The number of nitrogens with zero attached hydrogens (tertiary/aromatic N) is 5. The predicted octanol–water partition coefficient (Wildman–Crippen LogP) is 5.69. The minimum absolute atomic E-state index is 0.0267. The van der Waals surface area contributed by atoms with Gasteiger partial charge < -0.3 is 15.5 Å². The molecule has 1 unspecified atom stereocenters. The van der Waals surface area contributed by atoms with Crippen LogP contribution < -0.4 is 15.5 Å². The van der Waals surface area contributed by atoms with Gasteiger partial charge in [0.2, 0.25) is 11.9 Å². The van der Waals surface area contributed by atoms with Crippen molar-refractivity contribution in [3.8, 4) is 0 Å². The highest BCUT2D eigenvalue weighted by Crippen LogP contribution is 2.34. The van der Waals surface area contributed by atoms with Gasteiger partial charge in [-0.05, 0) is 62.3 Å². The van der Waals surface area contributed by atoms with Crippen molar-refractivity contribution in [2.24, 2.45) is 0 Å². The summed E-state index contributed by atoms with van der Waals surface area (Å²) in [6.07, 6.45) is 7.27. The van der Waals surface area contributed by atoms with Crippen LogP contribution in [0.25, 0.3) is 0 Å². The largest absolute Gasteiger partial charge is 0.331 e. The molecule has 2 aliphatic rings. The average molecular weight is 592 g/mol. The fraction of sp³-hybridized carbons (Fsp3) is 0.310. The molecular weight excluding hydrogens is 565 g/mol. The highest BCUT2D eigenvalue weighted by molar-refractivity contribution is 7.17. The summed E-state index contributed by atoms with van der Waals surface area (Å²) in [5.74, 6) is 0.310. The van der Waals surface area contributed by atoms with E-state index in [0.29, 0.717) is 51.0 Å². The lowest BCUT2D eigenvalue weighted by molar-refractivity contribution is -0.119. The third kappa shape index (κ3) is 5.77. The third-order valence-electron chi connectivity index (χ3n) is 7.38. The number of halogens is 2. The van der Waals surface area contributed by atoms with E-state index in [1.807, 2.05) is 24.0 Å². The zero-order valence-corrected chi connectivity index (χ0v) is 23.9. The quantitative estimate of drug-likeness (QED) is 0.251. The smallest absolute Gasteiger partial charge is 0.267 e. The van der Waals surface area contributed by atoms with Gasteiger partial charge >= 0.3 is 0 Å². The maximum Gasteiger partial charge on any atom is 0.267 e. The number of hydrogen-bond acceptors (Lipinski definition) is 9. The lowest BCUT2D eigenvalue weighted by Crippen LogP contribution is -2.38. The highest BCUT2D eigenvalue weighted by Gasteiger charge is 2.34. The number of Topliss-reactive ketones (excluding diaryl/α,β-unsaturated/α-hetero) is 1. The van der Waals surface area contributed by atoms with Crippen LogP contribution in [0, 0.1) is 12.9 Å². The van der Waals surface area contributed by atoms with Crippen LogP contribution in [0.15, 0.2) is 42.7 Å². The normalized spacial score (nSPS) is 16.1. The van der Waals surface area contributed by atoms with Crippen LogP contribution in [0.1, 0.15) is 51.3 Å². The Morgan fingerprint density at radius 1 is 1.12 bits per heavy atom. The van der Waals surface area contributed by atoms with Gasteiger partial charge in [-0.15, -0.1) is 0 Å². The van der Waals surface area contributed by atoms with Gasteiger partial charge in [-0.2, -0.15) is 9.37 Å². The first-order valence-corrected chi connectivity index (χ1v) is 14.6. The molecule has 3 aromatic heterocycles. The molecule has 1 fully saturated rings. The number of para-hydroxylation sites is 1. The molecular formula is C29H27ClFN7O2S. The summed E-state index contributed by atoms with van der Waals surface area (Å²) in [4.78, 5) is 46.4. The van der Waals surface area contributed by atoms with Crippen molar-refractivity contribution in [3.63, 3.8) is 0 Å². The Balaban J connectivity index is 1.21. The first-order chi connectivity index (χ1) is 19.9. The summed E-state index contributed by atoms with van der Waals surface area (Å²) >= 11 is 7.50. The van der Waals surface area contributed by atoms with Crippen LogP contribution in [0.5, 0.6) is 0 Å². The molecule has 1 saturated heterocycles. The molecule has 41 heavy (non-hydrogen) atoms. The van der Waals surface area contributed by atoms with E-state index in [1.165, 1.54) is 29.8 Å². The standard InChI is InChI=1S/C29H27ClFN7O2S/c1-16-5-2-7-19(30)25(16)35-27(40)23-15-33-29(41-23)37-26-18-6-3-8-20(18)34-28(36-26)38-12-4-9-21(38)22(39)13-17-10-11-24(31)32-14-17/h2,5,7,10-11,14-15,21H,3-4,6,8-9,12-13H2,1H3,(H,35,40)(H,33,34,36,37). The molecule has 1 aromatic carbocycles. The number of fused-ring (bicyclic) bond motifs is 1. The van der Waals surface area contributed by atoms with Crippen LogP contribution in [0.3, 0.4) is 0 Å². The number of pyridine rings is 1. The molecule has 9 nitrogen and oxygen atoms in total. The van der Waals surface area contributed by atoms with Gasteiger partial charge in [0.15, 0.2) is 10.9 Å². The number of carbonyl (C=O) groups is 2. The number of nitrogens with one attached hydrogen (secondary N) is 2. The van der Waals surface area contributed by atoms with Crippen LogP contribution >= 0.6 is 22.9 Å². The van der Waals surface area contributed by atoms with Crippen molar-refractivity contribution in [1.82, 2.24) is 19.9 Å². The fourth-order valence-corrected chi connectivity index (χ4v) is 6.31. The molecule has 2 N–H and O–H groups in total. The predicted molar refractivity (Wildman–Crippen MR) is 157 cm³/mol. The highest BCUT2D eigenvalue weighted by atomic mass is 35.5. The second kappa shape index (κ2) is 11.5. The second-order valence-electron chi connectivity index (χ2n) is 10.2. The summed E-state index contributed by atoms with van der Waals surface area (Å²) in [5, 5.41) is 7.20. The molecule has 1 atom stereocenters. The van der Waals surface area contributed by atoms with E-state index in [4.69, 9.17) is 21.6 Å². The Morgan fingerprint density at radius 2 is 2.00 bits per heavy atom. The van der Waals surface area contributed by atoms with E-state index in [2.05, 4.69) is 20.6 Å². The molecule has 0 saturated carbocycles. The van der Waals surface area contributed by atoms with Gasteiger partial charge in [0.1, 0.15) is 10.7 Å². The molecule has 1 aliphatic heterocycles. The van der Waals surface area contributed by atoms with Gasteiger partial charge in [-0.3, -0.25) is 9.59 Å². The summed E-state index contributed by atoms with van der Waals surface area (Å²) in [6.45, 7) is 2.55. The molecule has 210 valence electrons. The van der Waals surface area contributed by atoms with Crippen molar-refractivity contribution < 1.29 is 14.0 Å². The summed E-state index contributed by atoms with van der Waals surface area (Å²) < 4.78 is 13.2.